The van der Waals surface area contributed by atoms with Crippen LogP contribution in [0.4, 0.5) is 34.1 Å². The predicted octanol–water partition coefficient (Wildman–Crippen LogP) is 12.3. The molecule has 0 amide bonds. The normalized spacial score (nSPS) is 12.0. The fourth-order valence-corrected chi connectivity index (χ4v) is 6.53. The summed E-state index contributed by atoms with van der Waals surface area (Å²) in [5.41, 5.74) is 10.2. The molecule has 0 saturated heterocycles. The molecule has 0 unspecified atom stereocenters. The summed E-state index contributed by atoms with van der Waals surface area (Å²) in [5.74, 6) is 1.61. The van der Waals surface area contributed by atoms with Gasteiger partial charge in [0.05, 0.1) is 11.4 Å². The summed E-state index contributed by atoms with van der Waals surface area (Å²) < 4.78 is 12.9. The van der Waals surface area contributed by atoms with E-state index in [1.807, 2.05) is 36.4 Å². The van der Waals surface area contributed by atoms with Gasteiger partial charge in [-0.1, -0.05) is 97.1 Å². The van der Waals surface area contributed by atoms with Crippen LogP contribution in [0.15, 0.2) is 174 Å². The summed E-state index contributed by atoms with van der Waals surface area (Å²) in [4.78, 5) is 4.53. The number of rotatable bonds is 5. The van der Waals surface area contributed by atoms with Crippen molar-refractivity contribution in [3.63, 3.8) is 0 Å². The lowest BCUT2D eigenvalue weighted by Gasteiger charge is -2.34. The van der Waals surface area contributed by atoms with Crippen molar-refractivity contribution in [3.8, 4) is 22.6 Å². The average Bonchev–Trinajstić information content (AvgIpc) is 3.51. The summed E-state index contributed by atoms with van der Waals surface area (Å²) in [6.45, 7) is 0. The van der Waals surface area contributed by atoms with E-state index >= 15 is 0 Å². The molecule has 218 valence electrons. The molecule has 46 heavy (non-hydrogen) atoms. The molecule has 8 aromatic rings. The largest absolute Gasteiger partial charge is 0.455 e. The van der Waals surface area contributed by atoms with Crippen LogP contribution in [0.1, 0.15) is 0 Å². The van der Waals surface area contributed by atoms with Gasteiger partial charge in [0.15, 0.2) is 11.5 Å². The number of ether oxygens (including phenoxy) is 1. The summed E-state index contributed by atoms with van der Waals surface area (Å²) in [5, 5.41) is 2.26. The number of para-hydroxylation sites is 6. The second-order valence-electron chi connectivity index (χ2n) is 11.4. The highest BCUT2D eigenvalue weighted by atomic mass is 16.5. The smallest absolute Gasteiger partial charge is 0.153 e. The fourth-order valence-electron chi connectivity index (χ4n) is 6.53. The topological polar surface area (TPSA) is 28.9 Å². The van der Waals surface area contributed by atoms with Crippen LogP contribution in [-0.4, -0.2) is 0 Å². The highest BCUT2D eigenvalue weighted by molar-refractivity contribution is 6.09. The Morgan fingerprint density at radius 2 is 1.11 bits per heavy atom. The van der Waals surface area contributed by atoms with E-state index in [1.165, 1.54) is 0 Å². The minimum atomic E-state index is 0.796. The fraction of sp³-hybridized carbons (Fsp3) is 0. The lowest BCUT2D eigenvalue weighted by Crippen LogP contribution is -2.16. The molecule has 9 rings (SSSR count). The highest BCUT2D eigenvalue weighted by Crippen LogP contribution is 2.52. The average molecular weight is 593 g/mol. The molecule has 1 aliphatic rings. The predicted molar refractivity (Wildman–Crippen MR) is 189 cm³/mol. The van der Waals surface area contributed by atoms with Gasteiger partial charge in [-0.2, -0.15) is 0 Å². The molecular weight excluding hydrogens is 564 g/mol. The van der Waals surface area contributed by atoms with Gasteiger partial charge in [-0.15, -0.1) is 0 Å². The summed E-state index contributed by atoms with van der Waals surface area (Å²) >= 11 is 0. The van der Waals surface area contributed by atoms with Crippen LogP contribution in [-0.2, 0) is 0 Å². The molecule has 2 heterocycles. The van der Waals surface area contributed by atoms with Gasteiger partial charge in [-0.3, -0.25) is 0 Å². The van der Waals surface area contributed by atoms with Crippen molar-refractivity contribution in [2.45, 2.75) is 0 Å². The van der Waals surface area contributed by atoms with Gasteiger partial charge in [0.1, 0.15) is 11.2 Å². The van der Waals surface area contributed by atoms with Gasteiger partial charge in [0.2, 0.25) is 0 Å². The number of hydrogen-bond acceptors (Lipinski definition) is 4. The molecule has 1 aromatic heterocycles. The first-order valence-corrected chi connectivity index (χ1v) is 15.4. The number of anilines is 6. The molecule has 4 heteroatoms. The third-order valence-electron chi connectivity index (χ3n) is 8.64. The van der Waals surface area contributed by atoms with Gasteiger partial charge >= 0.3 is 0 Å². The van der Waals surface area contributed by atoms with Crippen molar-refractivity contribution in [2.75, 3.05) is 9.80 Å². The summed E-state index contributed by atoms with van der Waals surface area (Å²) in [6, 6.07) is 58.8. The lowest BCUT2D eigenvalue weighted by molar-refractivity contribution is 0.477. The molecule has 4 nitrogen and oxygen atoms in total. The van der Waals surface area contributed by atoms with Gasteiger partial charge in [-0.25, -0.2) is 0 Å². The number of fused-ring (bicyclic) bond motifs is 5. The third kappa shape index (κ3) is 4.31. The molecule has 1 aliphatic heterocycles. The maximum atomic E-state index is 6.58. The molecular formula is C42H28N2O2. The van der Waals surface area contributed by atoms with Crippen LogP contribution in [0, 0.1) is 0 Å². The Morgan fingerprint density at radius 1 is 0.457 bits per heavy atom. The van der Waals surface area contributed by atoms with Crippen LogP contribution in [0.2, 0.25) is 0 Å². The van der Waals surface area contributed by atoms with Crippen molar-refractivity contribution in [2.24, 2.45) is 0 Å². The van der Waals surface area contributed by atoms with Gasteiger partial charge < -0.3 is 19.0 Å². The Bertz CT molecular complexity index is 2310. The van der Waals surface area contributed by atoms with Crippen LogP contribution in [0.25, 0.3) is 33.1 Å². The number of hydrogen-bond donors (Lipinski definition) is 0. The van der Waals surface area contributed by atoms with Gasteiger partial charge in [0, 0.05) is 45.2 Å². The molecule has 0 saturated carbocycles. The summed E-state index contributed by atoms with van der Waals surface area (Å²) in [6.07, 6.45) is 0. The number of furan rings is 1. The molecule has 0 spiro atoms. The standard InChI is InChI=1S/C42H28N2O2/c1-3-12-30(13-4-1)43(31-14-5-2-6-15-31)33-26-27-38-41(28-33)45-40-21-10-8-19-37(40)44(38)32-24-22-29(23-25-32)34-17-11-18-36-35-16-7-9-20-39(35)46-42(34)36/h1-28H. The molecule has 0 radical (unpaired) electrons. The zero-order chi connectivity index (χ0) is 30.5. The Kier molecular flexibility index (Phi) is 6.10. The minimum Gasteiger partial charge on any atom is -0.455 e. The Hall–Kier alpha value is -6.26. The maximum absolute atomic E-state index is 6.58. The zero-order valence-corrected chi connectivity index (χ0v) is 24.9. The number of nitrogens with zero attached hydrogens (tertiary/aromatic N) is 2. The van der Waals surface area contributed by atoms with Gasteiger partial charge in [0.25, 0.3) is 0 Å². The summed E-state index contributed by atoms with van der Waals surface area (Å²) in [7, 11) is 0. The molecule has 0 aliphatic carbocycles. The monoisotopic (exact) mass is 592 g/mol. The molecule has 0 fully saturated rings. The van der Waals surface area contributed by atoms with Crippen LogP contribution < -0.4 is 14.5 Å². The first kappa shape index (κ1) is 26.2. The minimum absolute atomic E-state index is 0.796. The maximum Gasteiger partial charge on any atom is 0.153 e. The second-order valence-corrected chi connectivity index (χ2v) is 11.4. The first-order chi connectivity index (χ1) is 22.8. The van der Waals surface area contributed by atoms with Crippen molar-refractivity contribution >= 4 is 56.1 Å². The first-order valence-electron chi connectivity index (χ1n) is 15.4. The SMILES string of the molecule is c1ccc(N(c2ccccc2)c2ccc3c(c2)Oc2ccccc2N3c2ccc(-c3cccc4c3oc3ccccc34)cc2)cc1. The van der Waals surface area contributed by atoms with E-state index in [2.05, 4.69) is 143 Å². The second kappa shape index (κ2) is 10.7. The van der Waals surface area contributed by atoms with E-state index in [4.69, 9.17) is 9.15 Å². The van der Waals surface area contributed by atoms with Crippen molar-refractivity contribution < 1.29 is 9.15 Å². The van der Waals surface area contributed by atoms with Crippen molar-refractivity contribution in [1.82, 2.24) is 0 Å². The molecule has 0 atom stereocenters. The van der Waals surface area contributed by atoms with Gasteiger partial charge in [-0.05, 0) is 72.3 Å². The van der Waals surface area contributed by atoms with Crippen LogP contribution in [0.3, 0.4) is 0 Å². The third-order valence-corrected chi connectivity index (χ3v) is 8.64. The van der Waals surface area contributed by atoms with Crippen molar-refractivity contribution in [1.29, 1.82) is 0 Å². The zero-order valence-electron chi connectivity index (χ0n) is 24.9. The van der Waals surface area contributed by atoms with E-state index in [9.17, 15) is 0 Å². The molecule has 7 aromatic carbocycles. The highest BCUT2D eigenvalue weighted by Gasteiger charge is 2.27. The van der Waals surface area contributed by atoms with Crippen molar-refractivity contribution in [3.05, 3.63) is 170 Å². The van der Waals surface area contributed by atoms with E-state index in [-0.39, 0.29) is 0 Å². The molecule has 0 bridgehead atoms. The van der Waals surface area contributed by atoms with E-state index in [1.54, 1.807) is 0 Å². The lowest BCUT2D eigenvalue weighted by atomic mass is 10.0. The van der Waals surface area contributed by atoms with Crippen LogP contribution in [0.5, 0.6) is 11.5 Å². The molecule has 0 N–H and O–H groups in total. The Labute approximate surface area is 267 Å². The van der Waals surface area contributed by atoms with Crippen LogP contribution >= 0.6 is 0 Å². The quantitative estimate of drug-likeness (QED) is 0.199. The Morgan fingerprint density at radius 3 is 1.89 bits per heavy atom. The van der Waals surface area contributed by atoms with E-state index < -0.39 is 0 Å². The van der Waals surface area contributed by atoms with E-state index in [0.717, 1.165) is 78.7 Å². The van der Waals surface area contributed by atoms with E-state index in [0.29, 0.717) is 0 Å². The Balaban J connectivity index is 1.14. The number of benzene rings is 7.